The molecular formula is C11H19N. The average molecular weight is 165 g/mol. The van der Waals surface area contributed by atoms with Gasteiger partial charge in [0.25, 0.3) is 0 Å². The van der Waals surface area contributed by atoms with E-state index in [1.165, 1.54) is 44.9 Å². The molecule has 0 unspecified atom stereocenters. The molecule has 0 amide bonds. The highest BCUT2D eigenvalue weighted by atomic mass is 14.5. The standard InChI is InChI=1S/C11H19N/c12-9-5-10-4-3-8-11(10)6-1-2-7-11/h5H,1-4,6-9,12H2/b10-5-. The van der Waals surface area contributed by atoms with Gasteiger partial charge in [0.2, 0.25) is 0 Å². The summed E-state index contributed by atoms with van der Waals surface area (Å²) in [6, 6.07) is 0. The molecule has 0 aromatic heterocycles. The Kier molecular flexibility index (Phi) is 2.22. The summed E-state index contributed by atoms with van der Waals surface area (Å²) in [5, 5.41) is 0. The summed E-state index contributed by atoms with van der Waals surface area (Å²) in [4.78, 5) is 0. The van der Waals surface area contributed by atoms with E-state index < -0.39 is 0 Å². The quantitative estimate of drug-likeness (QED) is 0.594. The first-order chi connectivity index (χ1) is 5.87. The summed E-state index contributed by atoms with van der Waals surface area (Å²) in [5.74, 6) is 0. The van der Waals surface area contributed by atoms with Crippen molar-refractivity contribution in [3.05, 3.63) is 11.6 Å². The van der Waals surface area contributed by atoms with E-state index in [2.05, 4.69) is 6.08 Å². The van der Waals surface area contributed by atoms with E-state index in [0.29, 0.717) is 5.41 Å². The van der Waals surface area contributed by atoms with Crippen LogP contribution in [0.1, 0.15) is 44.9 Å². The SMILES string of the molecule is NC/C=C1/CCCC12CCCC2. The molecule has 0 atom stereocenters. The minimum Gasteiger partial charge on any atom is -0.327 e. The first kappa shape index (κ1) is 8.31. The van der Waals surface area contributed by atoms with Crippen LogP contribution in [0.5, 0.6) is 0 Å². The molecule has 0 aromatic carbocycles. The van der Waals surface area contributed by atoms with Gasteiger partial charge in [-0.25, -0.2) is 0 Å². The molecule has 0 aliphatic heterocycles. The molecule has 0 aromatic rings. The minimum atomic E-state index is 0.638. The summed E-state index contributed by atoms with van der Waals surface area (Å²) in [6.07, 6.45) is 12.3. The van der Waals surface area contributed by atoms with Crippen molar-refractivity contribution in [3.8, 4) is 0 Å². The fourth-order valence-corrected chi connectivity index (χ4v) is 3.13. The predicted molar refractivity (Wildman–Crippen MR) is 51.9 cm³/mol. The third kappa shape index (κ3) is 1.20. The zero-order chi connectivity index (χ0) is 8.44. The van der Waals surface area contributed by atoms with Crippen LogP contribution in [-0.4, -0.2) is 6.54 Å². The highest BCUT2D eigenvalue weighted by molar-refractivity contribution is 5.21. The summed E-state index contributed by atoms with van der Waals surface area (Å²) in [7, 11) is 0. The summed E-state index contributed by atoms with van der Waals surface area (Å²) in [5.41, 5.74) is 7.92. The maximum atomic E-state index is 5.58. The minimum absolute atomic E-state index is 0.638. The highest BCUT2D eigenvalue weighted by Gasteiger charge is 2.39. The van der Waals surface area contributed by atoms with Crippen molar-refractivity contribution in [1.82, 2.24) is 0 Å². The molecule has 2 rings (SSSR count). The van der Waals surface area contributed by atoms with Crippen LogP contribution in [0.4, 0.5) is 0 Å². The first-order valence-corrected chi connectivity index (χ1v) is 5.27. The van der Waals surface area contributed by atoms with Crippen LogP contribution in [0.2, 0.25) is 0 Å². The Morgan fingerprint density at radius 1 is 1.17 bits per heavy atom. The molecule has 68 valence electrons. The number of hydrogen-bond acceptors (Lipinski definition) is 1. The van der Waals surface area contributed by atoms with E-state index in [0.717, 1.165) is 6.54 Å². The Morgan fingerprint density at radius 2 is 1.83 bits per heavy atom. The van der Waals surface area contributed by atoms with Crippen LogP contribution in [0, 0.1) is 5.41 Å². The van der Waals surface area contributed by atoms with Gasteiger partial charge in [0, 0.05) is 6.54 Å². The van der Waals surface area contributed by atoms with E-state index in [9.17, 15) is 0 Å². The number of rotatable bonds is 1. The normalized spacial score (nSPS) is 30.6. The molecule has 0 radical (unpaired) electrons. The van der Waals surface area contributed by atoms with Gasteiger partial charge in [-0.2, -0.15) is 0 Å². The molecule has 2 aliphatic carbocycles. The van der Waals surface area contributed by atoms with E-state index >= 15 is 0 Å². The zero-order valence-electron chi connectivity index (χ0n) is 7.81. The van der Waals surface area contributed by atoms with E-state index in [-0.39, 0.29) is 0 Å². The Morgan fingerprint density at radius 3 is 2.50 bits per heavy atom. The monoisotopic (exact) mass is 165 g/mol. The fraction of sp³-hybridized carbons (Fsp3) is 0.818. The molecule has 2 N–H and O–H groups in total. The second-order valence-electron chi connectivity index (χ2n) is 4.31. The lowest BCUT2D eigenvalue weighted by Gasteiger charge is -2.24. The van der Waals surface area contributed by atoms with Crippen molar-refractivity contribution in [1.29, 1.82) is 0 Å². The van der Waals surface area contributed by atoms with Crippen LogP contribution < -0.4 is 5.73 Å². The van der Waals surface area contributed by atoms with Crippen molar-refractivity contribution in [2.75, 3.05) is 6.54 Å². The molecule has 1 heteroatoms. The molecule has 2 aliphatic rings. The molecule has 2 fully saturated rings. The van der Waals surface area contributed by atoms with Gasteiger partial charge in [0.1, 0.15) is 0 Å². The van der Waals surface area contributed by atoms with Gasteiger partial charge in [-0.05, 0) is 37.5 Å². The third-order valence-electron chi connectivity index (χ3n) is 3.71. The van der Waals surface area contributed by atoms with Crippen molar-refractivity contribution in [3.63, 3.8) is 0 Å². The van der Waals surface area contributed by atoms with E-state index in [4.69, 9.17) is 5.73 Å². The fourth-order valence-electron chi connectivity index (χ4n) is 3.13. The Balaban J connectivity index is 2.17. The lowest BCUT2D eigenvalue weighted by atomic mass is 9.80. The van der Waals surface area contributed by atoms with Crippen molar-refractivity contribution in [2.45, 2.75) is 44.9 Å². The molecular weight excluding hydrogens is 146 g/mol. The topological polar surface area (TPSA) is 26.0 Å². The molecule has 1 spiro atoms. The third-order valence-corrected chi connectivity index (χ3v) is 3.71. The molecule has 1 nitrogen and oxygen atoms in total. The average Bonchev–Trinajstić information content (AvgIpc) is 2.66. The maximum Gasteiger partial charge on any atom is 0.0109 e. The van der Waals surface area contributed by atoms with Crippen molar-refractivity contribution in [2.24, 2.45) is 11.1 Å². The van der Waals surface area contributed by atoms with Gasteiger partial charge < -0.3 is 5.73 Å². The summed E-state index contributed by atoms with van der Waals surface area (Å²) in [6.45, 7) is 0.747. The first-order valence-electron chi connectivity index (χ1n) is 5.27. The number of allylic oxidation sites excluding steroid dienone is 1. The molecule has 0 heterocycles. The zero-order valence-corrected chi connectivity index (χ0v) is 7.81. The lowest BCUT2D eigenvalue weighted by molar-refractivity contribution is 0.379. The van der Waals surface area contributed by atoms with Crippen LogP contribution in [-0.2, 0) is 0 Å². The largest absolute Gasteiger partial charge is 0.327 e. The second-order valence-corrected chi connectivity index (χ2v) is 4.31. The molecule has 12 heavy (non-hydrogen) atoms. The van der Waals surface area contributed by atoms with Gasteiger partial charge in [-0.15, -0.1) is 0 Å². The highest BCUT2D eigenvalue weighted by Crippen LogP contribution is 2.53. The van der Waals surface area contributed by atoms with Gasteiger partial charge in [-0.1, -0.05) is 24.5 Å². The number of nitrogens with two attached hydrogens (primary N) is 1. The van der Waals surface area contributed by atoms with E-state index in [1.54, 1.807) is 5.57 Å². The van der Waals surface area contributed by atoms with Gasteiger partial charge in [-0.3, -0.25) is 0 Å². The summed E-state index contributed by atoms with van der Waals surface area (Å²) >= 11 is 0. The van der Waals surface area contributed by atoms with Crippen molar-refractivity contribution < 1.29 is 0 Å². The van der Waals surface area contributed by atoms with Gasteiger partial charge in [0.05, 0.1) is 0 Å². The van der Waals surface area contributed by atoms with Crippen LogP contribution >= 0.6 is 0 Å². The van der Waals surface area contributed by atoms with Crippen LogP contribution in [0.15, 0.2) is 11.6 Å². The van der Waals surface area contributed by atoms with Gasteiger partial charge in [0.15, 0.2) is 0 Å². The summed E-state index contributed by atoms with van der Waals surface area (Å²) < 4.78 is 0. The van der Waals surface area contributed by atoms with Gasteiger partial charge >= 0.3 is 0 Å². The Bertz CT molecular complexity index is 182. The second kappa shape index (κ2) is 3.21. The maximum absolute atomic E-state index is 5.58. The Hall–Kier alpha value is -0.300. The van der Waals surface area contributed by atoms with Crippen LogP contribution in [0.3, 0.4) is 0 Å². The van der Waals surface area contributed by atoms with Crippen LogP contribution in [0.25, 0.3) is 0 Å². The molecule has 0 saturated heterocycles. The van der Waals surface area contributed by atoms with Crippen molar-refractivity contribution >= 4 is 0 Å². The number of hydrogen-bond donors (Lipinski definition) is 1. The predicted octanol–water partition coefficient (Wildman–Crippen LogP) is 2.62. The molecule has 2 saturated carbocycles. The van der Waals surface area contributed by atoms with E-state index in [1.807, 2.05) is 0 Å². The smallest absolute Gasteiger partial charge is 0.0109 e. The molecule has 0 bridgehead atoms. The lowest BCUT2D eigenvalue weighted by Crippen LogP contribution is -2.14. The Labute approximate surface area is 75.0 Å².